The molecule has 0 N–H and O–H groups in total. The third kappa shape index (κ3) is 6.53. The lowest BCUT2D eigenvalue weighted by Gasteiger charge is -2.24. The molecule has 0 atom stereocenters. The van der Waals surface area contributed by atoms with Crippen LogP contribution in [0, 0.1) is 5.92 Å². The number of carbonyl (C=O) groups excluding carboxylic acids is 1. The Balaban J connectivity index is 1.38. The van der Waals surface area contributed by atoms with Crippen molar-refractivity contribution in [3.63, 3.8) is 0 Å². The average Bonchev–Trinajstić information content (AvgIpc) is 3.55. The first-order valence-electron chi connectivity index (χ1n) is 14.5. The number of fused-ring (bicyclic) bond motifs is 1. The van der Waals surface area contributed by atoms with Crippen molar-refractivity contribution < 1.29 is 22.7 Å². The Morgan fingerprint density at radius 3 is 2.68 bits per heavy atom. The zero-order chi connectivity index (χ0) is 29.0. The van der Waals surface area contributed by atoms with E-state index in [-0.39, 0.29) is 11.3 Å². The highest BCUT2D eigenvalue weighted by molar-refractivity contribution is 5.97. The van der Waals surface area contributed by atoms with E-state index in [2.05, 4.69) is 22.0 Å². The largest absolute Gasteiger partial charge is 0.435 e. The Morgan fingerprint density at radius 1 is 1.15 bits per heavy atom. The molecule has 1 aliphatic carbocycles. The fourth-order valence-electron chi connectivity index (χ4n) is 5.38. The molecule has 7 nitrogen and oxygen atoms in total. The molecule has 1 saturated carbocycles. The number of imidazole rings is 1. The number of aryl methyl sites for hydroxylation is 1. The van der Waals surface area contributed by atoms with Gasteiger partial charge in [-0.25, -0.2) is 4.98 Å². The molecule has 0 spiro atoms. The second kappa shape index (κ2) is 12.5. The van der Waals surface area contributed by atoms with Crippen molar-refractivity contribution in [1.82, 2.24) is 24.1 Å². The van der Waals surface area contributed by atoms with E-state index in [9.17, 15) is 18.0 Å². The fraction of sp³-hybridized carbons (Fsp3) is 0.484. The Hall–Kier alpha value is -3.53. The van der Waals surface area contributed by atoms with Crippen LogP contribution in [0.4, 0.5) is 13.2 Å². The van der Waals surface area contributed by atoms with E-state index >= 15 is 0 Å². The molecular weight excluding hydrogens is 531 g/mol. The summed E-state index contributed by atoms with van der Waals surface area (Å²) >= 11 is 0. The Kier molecular flexibility index (Phi) is 8.87. The van der Waals surface area contributed by atoms with Crippen LogP contribution in [0.3, 0.4) is 0 Å². The first-order chi connectivity index (χ1) is 19.8. The van der Waals surface area contributed by atoms with Crippen LogP contribution in [0.1, 0.15) is 85.2 Å². The van der Waals surface area contributed by atoms with Crippen LogP contribution >= 0.6 is 0 Å². The summed E-state index contributed by atoms with van der Waals surface area (Å²) in [5.74, 6) is 0.473. The van der Waals surface area contributed by atoms with Gasteiger partial charge in [-0.3, -0.25) is 18.9 Å². The number of ketones is 1. The first-order valence-corrected chi connectivity index (χ1v) is 14.5. The maximum Gasteiger partial charge on any atom is 0.435 e. The molecule has 1 aromatic carbocycles. The van der Waals surface area contributed by atoms with E-state index in [0.29, 0.717) is 68.4 Å². The van der Waals surface area contributed by atoms with Gasteiger partial charge in [0.15, 0.2) is 17.1 Å². The molecule has 3 heterocycles. The van der Waals surface area contributed by atoms with Crippen LogP contribution in [0.2, 0.25) is 0 Å². The molecule has 0 radical (unpaired) electrons. The van der Waals surface area contributed by atoms with Crippen molar-refractivity contribution in [2.75, 3.05) is 13.2 Å². The lowest BCUT2D eigenvalue weighted by Crippen LogP contribution is -2.19. The fourth-order valence-corrected chi connectivity index (χ4v) is 5.38. The molecule has 0 bridgehead atoms. The monoisotopic (exact) mass is 567 g/mol. The van der Waals surface area contributed by atoms with Crippen molar-refractivity contribution in [2.45, 2.75) is 77.9 Å². The minimum atomic E-state index is -4.58. The van der Waals surface area contributed by atoms with Crippen LogP contribution in [-0.2, 0) is 30.3 Å². The summed E-state index contributed by atoms with van der Waals surface area (Å²) in [6.45, 7) is 5.83. The zero-order valence-corrected chi connectivity index (χ0v) is 23.6. The zero-order valence-electron chi connectivity index (χ0n) is 23.6. The number of hydrogen-bond acceptors (Lipinski definition) is 5. The van der Waals surface area contributed by atoms with E-state index in [1.807, 2.05) is 25.1 Å². The van der Waals surface area contributed by atoms with E-state index in [1.165, 1.54) is 17.1 Å². The number of alkyl halides is 3. The number of rotatable bonds is 13. The van der Waals surface area contributed by atoms with Crippen LogP contribution < -0.4 is 0 Å². The highest BCUT2D eigenvalue weighted by atomic mass is 19.4. The molecule has 5 rings (SSSR count). The van der Waals surface area contributed by atoms with Crippen LogP contribution in [0.15, 0.2) is 43.0 Å². The molecule has 3 aromatic heterocycles. The molecule has 4 aromatic rings. The Morgan fingerprint density at radius 2 is 1.98 bits per heavy atom. The molecule has 41 heavy (non-hydrogen) atoms. The number of Topliss-reactive ketones (excluding diaryl/α,β-unsaturated/α-hetero) is 1. The number of aromatic nitrogens is 5. The minimum absolute atomic E-state index is 0.0118. The average molecular weight is 568 g/mol. The van der Waals surface area contributed by atoms with Crippen molar-refractivity contribution in [3.05, 3.63) is 71.1 Å². The van der Waals surface area contributed by atoms with Gasteiger partial charge >= 0.3 is 6.18 Å². The standard InChI is InChI=1S/C31H36F3N5O2/c1-3-14-41-15-6-9-28(40)24-11-10-22(16-23(24)4-2)17-26-30-36-18-27(39(30)13-12-35-26)25-20-38(19-21-7-5-8-21)37-29(25)31(32,33)34/h10-13,16,18,20-21H,3-9,14-15,17,19H2,1-2H3. The molecule has 1 fully saturated rings. The van der Waals surface area contributed by atoms with Gasteiger partial charge in [-0.1, -0.05) is 38.5 Å². The van der Waals surface area contributed by atoms with Gasteiger partial charge < -0.3 is 4.74 Å². The maximum absolute atomic E-state index is 14.0. The van der Waals surface area contributed by atoms with Gasteiger partial charge in [0.25, 0.3) is 0 Å². The van der Waals surface area contributed by atoms with Crippen molar-refractivity contribution in [2.24, 2.45) is 5.92 Å². The van der Waals surface area contributed by atoms with Gasteiger partial charge in [0.2, 0.25) is 0 Å². The van der Waals surface area contributed by atoms with Crippen molar-refractivity contribution in [3.8, 4) is 11.3 Å². The number of ether oxygens (including phenoxy) is 1. The Bertz CT molecular complexity index is 1500. The van der Waals surface area contributed by atoms with Gasteiger partial charge in [0, 0.05) is 56.8 Å². The quantitative estimate of drug-likeness (QED) is 0.129. The SMILES string of the molecule is CCCOCCCC(=O)c1ccc(Cc2nccn3c(-c4cn(CC5CCC5)nc4C(F)(F)F)cnc23)cc1CC. The summed E-state index contributed by atoms with van der Waals surface area (Å²) in [4.78, 5) is 21.8. The highest BCUT2D eigenvalue weighted by Gasteiger charge is 2.38. The minimum Gasteiger partial charge on any atom is -0.381 e. The maximum atomic E-state index is 14.0. The summed E-state index contributed by atoms with van der Waals surface area (Å²) in [6, 6.07) is 5.80. The molecule has 10 heteroatoms. The van der Waals surface area contributed by atoms with Gasteiger partial charge in [-0.15, -0.1) is 0 Å². The summed E-state index contributed by atoms with van der Waals surface area (Å²) in [7, 11) is 0. The molecule has 0 aliphatic heterocycles. The second-order valence-electron chi connectivity index (χ2n) is 10.8. The number of nitrogens with zero attached hydrogens (tertiary/aromatic N) is 5. The van der Waals surface area contributed by atoms with Crippen molar-refractivity contribution >= 4 is 11.4 Å². The molecule has 0 amide bonds. The van der Waals surface area contributed by atoms with Gasteiger partial charge in [-0.05, 0) is 49.1 Å². The first kappa shape index (κ1) is 29.0. The molecule has 0 saturated heterocycles. The third-order valence-corrected chi connectivity index (χ3v) is 7.74. The number of benzene rings is 1. The third-order valence-electron chi connectivity index (χ3n) is 7.74. The predicted molar refractivity (Wildman–Crippen MR) is 150 cm³/mol. The number of halogens is 3. The molecular formula is C31H36F3N5O2. The predicted octanol–water partition coefficient (Wildman–Crippen LogP) is 6.95. The lowest BCUT2D eigenvalue weighted by atomic mass is 9.85. The van der Waals surface area contributed by atoms with E-state index in [1.54, 1.807) is 16.8 Å². The summed E-state index contributed by atoms with van der Waals surface area (Å²) in [5, 5.41) is 3.93. The highest BCUT2D eigenvalue weighted by Crippen LogP contribution is 2.37. The van der Waals surface area contributed by atoms with E-state index < -0.39 is 11.9 Å². The van der Waals surface area contributed by atoms with Gasteiger partial charge in [-0.2, -0.15) is 18.3 Å². The molecule has 1 aliphatic rings. The van der Waals surface area contributed by atoms with Crippen molar-refractivity contribution in [1.29, 1.82) is 0 Å². The number of carbonyl (C=O) groups is 1. The van der Waals surface area contributed by atoms with Crippen LogP contribution in [-0.4, -0.2) is 43.1 Å². The van der Waals surface area contributed by atoms with E-state index in [0.717, 1.165) is 42.4 Å². The van der Waals surface area contributed by atoms with Crippen LogP contribution in [0.25, 0.3) is 16.9 Å². The summed E-state index contributed by atoms with van der Waals surface area (Å²) < 4.78 is 50.5. The van der Waals surface area contributed by atoms with Crippen LogP contribution in [0.5, 0.6) is 0 Å². The summed E-state index contributed by atoms with van der Waals surface area (Å²) in [6.07, 6.45) is 7.95. The number of hydrogen-bond donors (Lipinski definition) is 0. The topological polar surface area (TPSA) is 74.3 Å². The lowest BCUT2D eigenvalue weighted by molar-refractivity contribution is -0.141. The van der Waals surface area contributed by atoms with Gasteiger partial charge in [0.05, 0.1) is 23.1 Å². The van der Waals surface area contributed by atoms with E-state index in [4.69, 9.17) is 4.74 Å². The second-order valence-corrected chi connectivity index (χ2v) is 10.8. The normalized spacial score (nSPS) is 14.1. The molecule has 0 unspecified atom stereocenters. The smallest absolute Gasteiger partial charge is 0.381 e. The summed E-state index contributed by atoms with van der Waals surface area (Å²) in [5.41, 5.74) is 3.22. The Labute approximate surface area is 237 Å². The van der Waals surface area contributed by atoms with Gasteiger partial charge in [0.1, 0.15) is 0 Å². The molecule has 218 valence electrons.